The molecule has 2 aromatic rings. The maximum atomic E-state index is 11.9. The van der Waals surface area contributed by atoms with Crippen molar-refractivity contribution in [3.8, 4) is 5.75 Å². The zero-order chi connectivity index (χ0) is 13.8. The Morgan fingerprint density at radius 2 is 2.32 bits per heavy atom. The van der Waals surface area contributed by atoms with Crippen LogP contribution in [0.4, 0.5) is 5.13 Å². The number of methoxy groups -OCH3 is 1. The largest absolute Gasteiger partial charge is 0.496 e. The molecule has 0 bridgehead atoms. The minimum Gasteiger partial charge on any atom is -0.496 e. The van der Waals surface area contributed by atoms with E-state index in [2.05, 4.69) is 14.7 Å². The van der Waals surface area contributed by atoms with Gasteiger partial charge in [0.15, 0.2) is 0 Å². The van der Waals surface area contributed by atoms with Crippen LogP contribution in [0, 0.1) is 6.92 Å². The average Bonchev–Trinajstić information content (AvgIpc) is 2.77. The summed E-state index contributed by atoms with van der Waals surface area (Å²) in [6.45, 7) is 1.77. The van der Waals surface area contributed by atoms with Crippen molar-refractivity contribution in [1.29, 1.82) is 0 Å². The number of hydrogen-bond acceptors (Lipinski definition) is 5. The molecule has 5 nitrogen and oxygen atoms in total. The van der Waals surface area contributed by atoms with Gasteiger partial charge in [-0.05, 0) is 19.1 Å². The molecule has 19 heavy (non-hydrogen) atoms. The van der Waals surface area contributed by atoms with E-state index in [9.17, 15) is 4.79 Å². The van der Waals surface area contributed by atoms with E-state index in [0.717, 1.165) is 11.5 Å². The number of ether oxygens (including phenoxy) is 1. The predicted octanol–water partition coefficient (Wildman–Crippen LogP) is 2.69. The maximum Gasteiger partial charge on any atom is 0.230 e. The van der Waals surface area contributed by atoms with E-state index >= 15 is 0 Å². The van der Waals surface area contributed by atoms with E-state index in [1.54, 1.807) is 32.2 Å². The second-order valence-corrected chi connectivity index (χ2v) is 4.95. The van der Waals surface area contributed by atoms with Gasteiger partial charge in [0.1, 0.15) is 11.6 Å². The second-order valence-electron chi connectivity index (χ2n) is 3.79. The first-order chi connectivity index (χ1) is 9.10. The number of amides is 1. The molecule has 7 heteroatoms. The molecular weight excluding hydrogens is 286 g/mol. The average molecular weight is 298 g/mol. The van der Waals surface area contributed by atoms with E-state index in [1.165, 1.54) is 0 Å². The van der Waals surface area contributed by atoms with Crippen LogP contribution < -0.4 is 10.1 Å². The van der Waals surface area contributed by atoms with E-state index in [0.29, 0.717) is 27.3 Å². The number of hydrogen-bond donors (Lipinski definition) is 1. The lowest BCUT2D eigenvalue weighted by Crippen LogP contribution is -2.15. The Bertz CT molecular complexity index is 600. The van der Waals surface area contributed by atoms with Crippen LogP contribution in [-0.4, -0.2) is 22.4 Å². The number of anilines is 1. The first-order valence-electron chi connectivity index (χ1n) is 5.51. The molecule has 0 radical (unpaired) electrons. The van der Waals surface area contributed by atoms with Crippen molar-refractivity contribution in [2.75, 3.05) is 12.4 Å². The first kappa shape index (κ1) is 13.8. The lowest BCUT2D eigenvalue weighted by molar-refractivity contribution is -0.115. The van der Waals surface area contributed by atoms with Gasteiger partial charge in [0, 0.05) is 22.1 Å². The third-order valence-electron chi connectivity index (χ3n) is 2.41. The van der Waals surface area contributed by atoms with Crippen molar-refractivity contribution >= 4 is 34.2 Å². The molecule has 0 spiro atoms. The Balaban J connectivity index is 2.11. The predicted molar refractivity (Wildman–Crippen MR) is 75.0 cm³/mol. The summed E-state index contributed by atoms with van der Waals surface area (Å²) in [5.74, 6) is 1.02. The van der Waals surface area contributed by atoms with Gasteiger partial charge >= 0.3 is 0 Å². The number of carbonyl (C=O) groups excluding carboxylic acids is 1. The van der Waals surface area contributed by atoms with Crippen molar-refractivity contribution in [2.45, 2.75) is 13.3 Å². The highest BCUT2D eigenvalue weighted by Gasteiger charge is 2.13. The molecule has 0 aliphatic heterocycles. The van der Waals surface area contributed by atoms with Crippen LogP contribution in [0.3, 0.4) is 0 Å². The van der Waals surface area contributed by atoms with Crippen LogP contribution in [0.2, 0.25) is 5.02 Å². The molecule has 0 aliphatic carbocycles. The van der Waals surface area contributed by atoms with Gasteiger partial charge in [-0.25, -0.2) is 4.98 Å². The molecule has 1 aromatic carbocycles. The molecule has 1 aromatic heterocycles. The summed E-state index contributed by atoms with van der Waals surface area (Å²) < 4.78 is 9.18. The lowest BCUT2D eigenvalue weighted by atomic mass is 10.1. The molecule has 0 saturated heterocycles. The number of aryl methyl sites for hydroxylation is 1. The number of aromatic nitrogens is 2. The molecule has 100 valence electrons. The van der Waals surface area contributed by atoms with Crippen molar-refractivity contribution in [2.24, 2.45) is 0 Å². The summed E-state index contributed by atoms with van der Waals surface area (Å²) in [7, 11) is 1.54. The molecule has 0 saturated carbocycles. The van der Waals surface area contributed by atoms with Gasteiger partial charge in [-0.2, -0.15) is 4.37 Å². The minimum absolute atomic E-state index is 0.126. The number of rotatable bonds is 4. The molecule has 1 heterocycles. The number of nitrogens with one attached hydrogen (secondary N) is 1. The van der Waals surface area contributed by atoms with E-state index in [1.807, 2.05) is 0 Å². The summed E-state index contributed by atoms with van der Waals surface area (Å²) in [5.41, 5.74) is 0.658. The molecule has 0 unspecified atom stereocenters. The molecule has 0 atom stereocenters. The highest BCUT2D eigenvalue weighted by Crippen LogP contribution is 2.27. The highest BCUT2D eigenvalue weighted by molar-refractivity contribution is 7.09. The van der Waals surface area contributed by atoms with E-state index < -0.39 is 0 Å². The monoisotopic (exact) mass is 297 g/mol. The standard InChI is InChI=1S/C12H12ClN3O2S/c1-7-14-12(19-16-7)15-11(17)6-8-9(13)4-3-5-10(8)18-2/h3-5H,6H2,1-2H3,(H,14,15,16,17). The maximum absolute atomic E-state index is 11.9. The quantitative estimate of drug-likeness (QED) is 0.942. The Kier molecular flexibility index (Phi) is 4.34. The number of halogens is 1. The fourth-order valence-corrected chi connectivity index (χ4v) is 2.40. The van der Waals surface area contributed by atoms with Gasteiger partial charge in [-0.1, -0.05) is 17.7 Å². The zero-order valence-electron chi connectivity index (χ0n) is 10.4. The van der Waals surface area contributed by atoms with Gasteiger partial charge in [-0.3, -0.25) is 4.79 Å². The Morgan fingerprint density at radius 3 is 2.95 bits per heavy atom. The van der Waals surface area contributed by atoms with Crippen molar-refractivity contribution in [1.82, 2.24) is 9.36 Å². The Hall–Kier alpha value is -1.66. The van der Waals surface area contributed by atoms with E-state index in [-0.39, 0.29) is 12.3 Å². The van der Waals surface area contributed by atoms with E-state index in [4.69, 9.17) is 16.3 Å². The van der Waals surface area contributed by atoms with Gasteiger partial charge in [0.25, 0.3) is 0 Å². The summed E-state index contributed by atoms with van der Waals surface area (Å²) in [4.78, 5) is 16.0. The van der Waals surface area contributed by atoms with Gasteiger partial charge < -0.3 is 10.1 Å². The van der Waals surface area contributed by atoms with Crippen LogP contribution in [0.25, 0.3) is 0 Å². The van der Waals surface area contributed by atoms with Crippen molar-refractivity contribution < 1.29 is 9.53 Å². The Labute approximate surface area is 119 Å². The van der Waals surface area contributed by atoms with Crippen LogP contribution in [0.15, 0.2) is 18.2 Å². The highest BCUT2D eigenvalue weighted by atomic mass is 35.5. The summed E-state index contributed by atoms with van der Waals surface area (Å²) in [6, 6.07) is 5.27. The van der Waals surface area contributed by atoms with Crippen LogP contribution in [0.5, 0.6) is 5.75 Å². The third kappa shape index (κ3) is 3.42. The SMILES string of the molecule is COc1cccc(Cl)c1CC(=O)Nc1nc(C)ns1. The lowest BCUT2D eigenvalue weighted by Gasteiger charge is -2.09. The molecular formula is C12H12ClN3O2S. The van der Waals surface area contributed by atoms with Crippen LogP contribution in [0.1, 0.15) is 11.4 Å². The molecule has 2 rings (SSSR count). The van der Waals surface area contributed by atoms with Crippen molar-refractivity contribution in [3.63, 3.8) is 0 Å². The fourth-order valence-electron chi connectivity index (χ4n) is 1.57. The summed E-state index contributed by atoms with van der Waals surface area (Å²) in [6.07, 6.45) is 0.126. The third-order valence-corrected chi connectivity index (χ3v) is 3.48. The first-order valence-corrected chi connectivity index (χ1v) is 6.67. The molecule has 0 aliphatic rings. The molecule has 0 fully saturated rings. The molecule has 1 N–H and O–H groups in total. The normalized spacial score (nSPS) is 10.3. The smallest absolute Gasteiger partial charge is 0.230 e. The van der Waals surface area contributed by atoms with Gasteiger partial charge in [0.05, 0.1) is 13.5 Å². The van der Waals surface area contributed by atoms with Crippen LogP contribution in [-0.2, 0) is 11.2 Å². The number of benzene rings is 1. The number of nitrogens with zero attached hydrogens (tertiary/aromatic N) is 2. The fraction of sp³-hybridized carbons (Fsp3) is 0.250. The number of carbonyl (C=O) groups is 1. The second kappa shape index (κ2) is 5.99. The summed E-state index contributed by atoms with van der Waals surface area (Å²) in [5, 5.41) is 3.66. The molecule has 1 amide bonds. The van der Waals surface area contributed by atoms with Gasteiger partial charge in [-0.15, -0.1) is 0 Å². The van der Waals surface area contributed by atoms with Gasteiger partial charge in [0.2, 0.25) is 11.0 Å². The minimum atomic E-state index is -0.206. The van der Waals surface area contributed by atoms with Crippen LogP contribution >= 0.6 is 23.1 Å². The summed E-state index contributed by atoms with van der Waals surface area (Å²) >= 11 is 7.22. The topological polar surface area (TPSA) is 64.1 Å². The van der Waals surface area contributed by atoms with Crippen molar-refractivity contribution in [3.05, 3.63) is 34.6 Å². The Morgan fingerprint density at radius 1 is 1.53 bits per heavy atom. The zero-order valence-corrected chi connectivity index (χ0v) is 12.0.